The molecule has 0 radical (unpaired) electrons. The molecule has 0 unspecified atom stereocenters. The summed E-state index contributed by atoms with van der Waals surface area (Å²) in [5.41, 5.74) is 0.698. The molecular weight excluding hydrogens is 278 g/mol. The van der Waals surface area contributed by atoms with Gasteiger partial charge in [-0.1, -0.05) is 0 Å². The zero-order valence-corrected chi connectivity index (χ0v) is 15.8. The van der Waals surface area contributed by atoms with Crippen LogP contribution in [0.5, 0.6) is 0 Å². The fraction of sp³-hybridized carbons (Fsp3) is 0.875. The van der Waals surface area contributed by atoms with Crippen molar-refractivity contribution in [1.82, 2.24) is 0 Å². The molecule has 0 saturated carbocycles. The van der Waals surface area contributed by atoms with E-state index in [4.69, 9.17) is 18.6 Å². The molecule has 2 fully saturated rings. The van der Waals surface area contributed by atoms with Crippen LogP contribution in [0.4, 0.5) is 0 Å². The summed E-state index contributed by atoms with van der Waals surface area (Å²) in [5.74, 6) is 0. The van der Waals surface area contributed by atoms with Gasteiger partial charge in [0, 0.05) is 0 Å². The molecule has 0 aliphatic carbocycles. The Labute approximate surface area is 136 Å². The summed E-state index contributed by atoms with van der Waals surface area (Å²) in [6, 6.07) is 0. The highest BCUT2D eigenvalue weighted by molar-refractivity contribution is 6.62. The van der Waals surface area contributed by atoms with Gasteiger partial charge in [0.25, 0.3) is 0 Å². The fourth-order valence-corrected chi connectivity index (χ4v) is 2.41. The molecule has 6 heteroatoms. The Bertz CT molecular complexity index is 418. The van der Waals surface area contributed by atoms with Crippen molar-refractivity contribution in [3.63, 3.8) is 0 Å². The third-order valence-corrected chi connectivity index (χ3v) is 5.84. The van der Waals surface area contributed by atoms with Gasteiger partial charge in [-0.3, -0.25) is 0 Å². The van der Waals surface area contributed by atoms with Crippen LogP contribution in [0.3, 0.4) is 0 Å². The molecular formula is C16H30B2O4. The lowest BCUT2D eigenvalue weighted by Crippen LogP contribution is -2.41. The van der Waals surface area contributed by atoms with Gasteiger partial charge < -0.3 is 18.6 Å². The van der Waals surface area contributed by atoms with Gasteiger partial charge in [0.15, 0.2) is 0 Å². The number of rotatable bonds is 2. The van der Waals surface area contributed by atoms with E-state index in [1.54, 1.807) is 0 Å². The second-order valence-corrected chi connectivity index (χ2v) is 8.54. The first kappa shape index (κ1) is 18.1. The molecule has 2 rings (SSSR count). The van der Waals surface area contributed by atoms with E-state index in [0.29, 0.717) is 0 Å². The van der Waals surface area contributed by atoms with Crippen molar-refractivity contribution in [2.24, 2.45) is 0 Å². The number of hydrogen-bond acceptors (Lipinski definition) is 4. The minimum Gasteiger partial charge on any atom is -0.400 e. The zero-order valence-electron chi connectivity index (χ0n) is 15.8. The summed E-state index contributed by atoms with van der Waals surface area (Å²) >= 11 is 0. The van der Waals surface area contributed by atoms with Crippen LogP contribution in [0.25, 0.3) is 0 Å². The van der Waals surface area contributed by atoms with E-state index in [2.05, 4.69) is 55.4 Å². The van der Waals surface area contributed by atoms with Gasteiger partial charge in [0.2, 0.25) is 0 Å². The predicted molar refractivity (Wildman–Crippen MR) is 90.5 cm³/mol. The molecule has 4 nitrogen and oxygen atoms in total. The molecule has 2 heterocycles. The highest BCUT2D eigenvalue weighted by Gasteiger charge is 2.55. The molecule has 0 N–H and O–H groups in total. The Kier molecular flexibility index (Phi) is 4.19. The average molecular weight is 308 g/mol. The van der Waals surface area contributed by atoms with Crippen LogP contribution < -0.4 is 0 Å². The van der Waals surface area contributed by atoms with Crippen LogP contribution >= 0.6 is 0 Å². The first-order chi connectivity index (χ1) is 9.70. The SMILES string of the molecule is CC(B1OC(C)(C)C(C)(C)O1)=C(C)B1OC(C)(C)C(C)(C)O1. The first-order valence-electron chi connectivity index (χ1n) is 8.09. The van der Waals surface area contributed by atoms with Gasteiger partial charge in [-0.25, -0.2) is 0 Å². The van der Waals surface area contributed by atoms with Crippen molar-refractivity contribution in [3.8, 4) is 0 Å². The lowest BCUT2D eigenvalue weighted by Gasteiger charge is -2.32. The van der Waals surface area contributed by atoms with Crippen LogP contribution in [-0.2, 0) is 18.6 Å². The van der Waals surface area contributed by atoms with Gasteiger partial charge in [-0.2, -0.15) is 0 Å². The van der Waals surface area contributed by atoms with Crippen LogP contribution in [0.2, 0.25) is 0 Å². The Balaban J connectivity index is 2.22. The van der Waals surface area contributed by atoms with Gasteiger partial charge >= 0.3 is 14.2 Å². The molecule has 0 spiro atoms. The monoisotopic (exact) mass is 308 g/mol. The number of hydrogen-bond donors (Lipinski definition) is 0. The second kappa shape index (κ2) is 5.10. The summed E-state index contributed by atoms with van der Waals surface area (Å²) < 4.78 is 24.5. The molecule has 2 aliphatic rings. The Morgan fingerprint density at radius 2 is 0.682 bits per heavy atom. The summed E-state index contributed by atoms with van der Waals surface area (Å²) in [5, 5.41) is 0. The Morgan fingerprint density at radius 3 is 0.864 bits per heavy atom. The summed E-state index contributed by atoms with van der Waals surface area (Å²) in [6.45, 7) is 20.5. The third kappa shape index (κ3) is 2.79. The minimum atomic E-state index is -0.357. The maximum Gasteiger partial charge on any atom is 0.489 e. The molecule has 0 atom stereocenters. The standard InChI is InChI=1S/C16H30B2O4/c1-11(17-19-13(3,4)14(5,6)20-17)12(2)18-21-15(7,8)16(9,10)22-18/h1-10H3. The Morgan fingerprint density at radius 1 is 0.500 bits per heavy atom. The molecule has 2 saturated heterocycles. The van der Waals surface area contributed by atoms with E-state index in [1.165, 1.54) is 0 Å². The zero-order chi connectivity index (χ0) is 17.1. The molecule has 0 bridgehead atoms. The van der Waals surface area contributed by atoms with Crippen LogP contribution in [0, 0.1) is 0 Å². The smallest absolute Gasteiger partial charge is 0.400 e. The molecule has 0 amide bonds. The van der Waals surface area contributed by atoms with E-state index in [-0.39, 0.29) is 36.6 Å². The lowest BCUT2D eigenvalue weighted by molar-refractivity contribution is 0.00578. The summed E-state index contributed by atoms with van der Waals surface area (Å²) in [6.07, 6.45) is 0. The van der Waals surface area contributed by atoms with Crippen molar-refractivity contribution in [1.29, 1.82) is 0 Å². The van der Waals surface area contributed by atoms with Gasteiger partial charge in [0.05, 0.1) is 22.4 Å². The molecule has 22 heavy (non-hydrogen) atoms. The average Bonchev–Trinajstić information content (AvgIpc) is 2.67. The van der Waals surface area contributed by atoms with Crippen molar-refractivity contribution < 1.29 is 18.6 Å². The van der Waals surface area contributed by atoms with Crippen LogP contribution in [-0.4, -0.2) is 36.6 Å². The maximum absolute atomic E-state index is 6.12. The first-order valence-corrected chi connectivity index (χ1v) is 8.09. The van der Waals surface area contributed by atoms with Gasteiger partial charge in [-0.15, -0.1) is 0 Å². The second-order valence-electron chi connectivity index (χ2n) is 8.54. The van der Waals surface area contributed by atoms with Crippen LogP contribution in [0.1, 0.15) is 69.2 Å². The molecule has 0 aromatic heterocycles. The fourth-order valence-electron chi connectivity index (χ4n) is 2.41. The largest absolute Gasteiger partial charge is 0.489 e. The third-order valence-electron chi connectivity index (χ3n) is 5.84. The van der Waals surface area contributed by atoms with E-state index >= 15 is 0 Å². The quantitative estimate of drug-likeness (QED) is 0.731. The highest BCUT2D eigenvalue weighted by atomic mass is 16.7. The van der Waals surface area contributed by atoms with Gasteiger partial charge in [0.1, 0.15) is 0 Å². The summed E-state index contributed by atoms with van der Waals surface area (Å²) in [7, 11) is -0.715. The van der Waals surface area contributed by atoms with E-state index in [9.17, 15) is 0 Å². The topological polar surface area (TPSA) is 36.9 Å². The van der Waals surface area contributed by atoms with Crippen molar-refractivity contribution >= 4 is 14.2 Å². The van der Waals surface area contributed by atoms with Gasteiger partial charge in [-0.05, 0) is 80.2 Å². The maximum atomic E-state index is 6.12. The normalized spacial score (nSPS) is 29.7. The minimum absolute atomic E-state index is 0.338. The van der Waals surface area contributed by atoms with Crippen LogP contribution in [0.15, 0.2) is 10.9 Å². The van der Waals surface area contributed by atoms with Crippen molar-refractivity contribution in [2.45, 2.75) is 91.6 Å². The van der Waals surface area contributed by atoms with Crippen molar-refractivity contribution in [3.05, 3.63) is 10.9 Å². The lowest BCUT2D eigenvalue weighted by atomic mass is 9.66. The van der Waals surface area contributed by atoms with E-state index in [0.717, 1.165) is 10.9 Å². The van der Waals surface area contributed by atoms with E-state index in [1.807, 2.05) is 13.8 Å². The molecule has 0 aromatic carbocycles. The number of allylic oxidation sites excluding steroid dienone is 2. The highest BCUT2D eigenvalue weighted by Crippen LogP contribution is 2.41. The molecule has 124 valence electrons. The molecule has 2 aliphatic heterocycles. The van der Waals surface area contributed by atoms with Crippen molar-refractivity contribution in [2.75, 3.05) is 0 Å². The summed E-state index contributed by atoms with van der Waals surface area (Å²) in [4.78, 5) is 0. The Hall–Kier alpha value is -0.290. The predicted octanol–water partition coefficient (Wildman–Crippen LogP) is 3.59. The molecule has 0 aromatic rings. The van der Waals surface area contributed by atoms with E-state index < -0.39 is 0 Å².